The zero-order chi connectivity index (χ0) is 43.1. The van der Waals surface area contributed by atoms with Gasteiger partial charge in [0.25, 0.3) is 0 Å². The van der Waals surface area contributed by atoms with Crippen LogP contribution in [0.2, 0.25) is 0 Å². The third-order valence-corrected chi connectivity index (χ3v) is 14.2. The Morgan fingerprint density at radius 3 is 1.30 bits per heavy atom. The van der Waals surface area contributed by atoms with E-state index in [0.29, 0.717) is 0 Å². The summed E-state index contributed by atoms with van der Waals surface area (Å²) >= 11 is 0. The third-order valence-electron chi connectivity index (χ3n) is 14.2. The molecule has 2 aromatic heterocycles. The number of fused-ring (bicyclic) bond motifs is 6. The molecule has 0 bridgehead atoms. The van der Waals surface area contributed by atoms with E-state index in [1.807, 2.05) is 0 Å². The van der Waals surface area contributed by atoms with E-state index in [1.54, 1.807) is 0 Å². The van der Waals surface area contributed by atoms with Gasteiger partial charge in [-0.15, -0.1) is 5.46 Å². The maximum absolute atomic E-state index is 2.58. The van der Waals surface area contributed by atoms with Crippen LogP contribution in [0, 0.1) is 0 Å². The minimum Gasteiger partial charge on any atom is -0.310 e. The lowest BCUT2D eigenvalue weighted by molar-refractivity contribution is 1.18. The van der Waals surface area contributed by atoms with Gasteiger partial charge in [0.15, 0.2) is 0 Å². The normalized spacial score (nSPS) is 11.6. The first-order valence-electron chi connectivity index (χ1n) is 22.2. The Hall–Kier alpha value is -6.97. The molecule has 0 aliphatic heterocycles. The van der Waals surface area contributed by atoms with Crippen molar-refractivity contribution in [3.05, 3.63) is 176 Å². The molecule has 11 rings (SSSR count). The Kier molecular flexibility index (Phi) is 9.35. The monoisotopic (exact) mass is 796 g/mol. The van der Waals surface area contributed by atoms with E-state index in [2.05, 4.69) is 240 Å². The van der Waals surface area contributed by atoms with Crippen molar-refractivity contribution >= 4 is 137 Å². The fourth-order valence-electron chi connectivity index (χ4n) is 10.6. The van der Waals surface area contributed by atoms with E-state index < -0.39 is 0 Å². The van der Waals surface area contributed by atoms with Gasteiger partial charge in [-0.25, -0.2) is 0 Å². The standard InChI is InChI=1S/C54H43B7N2/c55-46-43(47(56)51(60)53-44(46)45-48(57)49(58)50(59)52(61)54(45)63(53)38-21-11-19-34(27-38)31-14-6-2-7-15-31)36-23-25-41-40(28-36)39-24-22-35(32-16-8-3-9-17-32)29-42(39)62(41)37-20-10-18-33(26-37)30-12-4-1-5-13-30/h1-29H,55-61H2. The van der Waals surface area contributed by atoms with Crippen molar-refractivity contribution in [2.45, 2.75) is 0 Å². The van der Waals surface area contributed by atoms with Crippen molar-refractivity contribution < 1.29 is 0 Å². The molecule has 0 unspecified atom stereocenters. The Balaban J connectivity index is 1.18. The van der Waals surface area contributed by atoms with Crippen LogP contribution < -0.4 is 38.2 Å². The lowest BCUT2D eigenvalue weighted by Crippen LogP contribution is -2.48. The third kappa shape index (κ3) is 6.12. The Morgan fingerprint density at radius 2 is 0.730 bits per heavy atom. The van der Waals surface area contributed by atoms with Gasteiger partial charge in [-0.2, -0.15) is 0 Å². The topological polar surface area (TPSA) is 9.86 Å². The average molecular weight is 796 g/mol. The molecule has 290 valence electrons. The first kappa shape index (κ1) is 38.9. The summed E-state index contributed by atoms with van der Waals surface area (Å²) in [6.45, 7) is 0. The first-order valence-corrected chi connectivity index (χ1v) is 22.2. The number of rotatable bonds is 6. The largest absolute Gasteiger partial charge is 0.310 e. The van der Waals surface area contributed by atoms with Gasteiger partial charge in [-0.05, 0) is 92.4 Å². The SMILES string of the molecule is Bc1c(B)c(B)c2c(c1B)c1c(B)c(-c3ccc4c(c3)c3ccc(-c5ccccc5)cc3n4-c3cccc(-c4ccccc4)c3)c(B)c(B)c1n2-c1cccc(-c2ccccc2)c1. The highest BCUT2D eigenvalue weighted by atomic mass is 15.0. The molecular formula is C54H43B7N2. The average Bonchev–Trinajstić information content (AvgIpc) is 3.87. The summed E-state index contributed by atoms with van der Waals surface area (Å²) in [7, 11) is 16.3. The Morgan fingerprint density at radius 1 is 0.270 bits per heavy atom. The summed E-state index contributed by atoms with van der Waals surface area (Å²) in [6.07, 6.45) is 0. The predicted octanol–water partition coefficient (Wildman–Crippen LogP) is 2.36. The molecule has 9 aromatic carbocycles. The van der Waals surface area contributed by atoms with Crippen LogP contribution in [-0.2, 0) is 0 Å². The van der Waals surface area contributed by atoms with Gasteiger partial charge in [0.2, 0.25) is 0 Å². The molecule has 0 aliphatic rings. The molecule has 0 saturated heterocycles. The highest BCUT2D eigenvalue weighted by Gasteiger charge is 2.25. The molecule has 9 heteroatoms. The number of benzene rings is 9. The molecule has 2 nitrogen and oxygen atoms in total. The molecule has 63 heavy (non-hydrogen) atoms. The van der Waals surface area contributed by atoms with E-state index in [9.17, 15) is 0 Å². The summed E-state index contributed by atoms with van der Waals surface area (Å²) in [5, 5.41) is 5.21. The number of hydrogen-bond donors (Lipinski definition) is 0. The molecule has 0 atom stereocenters. The highest BCUT2D eigenvalue weighted by Crippen LogP contribution is 2.38. The molecule has 0 N–H and O–H groups in total. The van der Waals surface area contributed by atoms with E-state index in [-0.39, 0.29) is 0 Å². The van der Waals surface area contributed by atoms with Gasteiger partial charge in [-0.3, -0.25) is 0 Å². The summed E-state index contributed by atoms with van der Waals surface area (Å²) in [5.41, 5.74) is 26.6. The zero-order valence-corrected chi connectivity index (χ0v) is 37.1. The Bertz CT molecular complexity index is 3630. The molecule has 0 spiro atoms. The summed E-state index contributed by atoms with van der Waals surface area (Å²) < 4.78 is 5.05. The number of nitrogens with zero attached hydrogens (tertiary/aromatic N) is 2. The highest BCUT2D eigenvalue weighted by molar-refractivity contribution is 6.69. The molecule has 0 saturated carbocycles. The van der Waals surface area contributed by atoms with Crippen molar-refractivity contribution in [1.82, 2.24) is 9.13 Å². The molecule has 0 fully saturated rings. The lowest BCUT2D eigenvalue weighted by Gasteiger charge is -2.19. The van der Waals surface area contributed by atoms with Crippen molar-refractivity contribution in [1.29, 1.82) is 0 Å². The van der Waals surface area contributed by atoms with Crippen LogP contribution in [0.25, 0.3) is 99.5 Å². The van der Waals surface area contributed by atoms with Crippen LogP contribution in [0.3, 0.4) is 0 Å². The quantitative estimate of drug-likeness (QED) is 0.229. The van der Waals surface area contributed by atoms with Crippen LogP contribution in [0.4, 0.5) is 0 Å². The van der Waals surface area contributed by atoms with E-state index >= 15 is 0 Å². The van der Waals surface area contributed by atoms with Crippen molar-refractivity contribution in [3.8, 4) is 55.9 Å². The van der Waals surface area contributed by atoms with Crippen LogP contribution >= 0.6 is 0 Å². The van der Waals surface area contributed by atoms with E-state index in [4.69, 9.17) is 0 Å². The number of hydrogen-bond acceptors (Lipinski definition) is 0. The fourth-order valence-corrected chi connectivity index (χ4v) is 10.6. The number of aromatic nitrogens is 2. The van der Waals surface area contributed by atoms with Crippen LogP contribution in [0.1, 0.15) is 0 Å². The van der Waals surface area contributed by atoms with Gasteiger partial charge < -0.3 is 9.13 Å². The molecule has 0 radical (unpaired) electrons. The second-order valence-corrected chi connectivity index (χ2v) is 17.5. The minimum absolute atomic E-state index is 1.15. The van der Waals surface area contributed by atoms with Crippen molar-refractivity contribution in [2.75, 3.05) is 0 Å². The molecule has 0 aliphatic carbocycles. The van der Waals surface area contributed by atoms with E-state index in [0.717, 1.165) is 5.69 Å². The van der Waals surface area contributed by atoms with Crippen molar-refractivity contribution in [3.63, 3.8) is 0 Å². The second-order valence-electron chi connectivity index (χ2n) is 17.5. The summed E-state index contributed by atoms with van der Waals surface area (Å²) in [6, 6.07) is 64.5. The summed E-state index contributed by atoms with van der Waals surface area (Å²) in [5.74, 6) is 0. The fraction of sp³-hybridized carbons (Fsp3) is 0. The van der Waals surface area contributed by atoms with Gasteiger partial charge in [0.05, 0.1) is 11.0 Å². The Labute approximate surface area is 375 Å². The van der Waals surface area contributed by atoms with Gasteiger partial charge in [0, 0.05) is 38.6 Å². The predicted molar refractivity (Wildman–Crippen MR) is 294 cm³/mol. The van der Waals surface area contributed by atoms with Crippen LogP contribution in [0.15, 0.2) is 176 Å². The van der Waals surface area contributed by atoms with Crippen LogP contribution in [0.5, 0.6) is 0 Å². The molecular weight excluding hydrogens is 752 g/mol. The maximum atomic E-state index is 2.58. The van der Waals surface area contributed by atoms with Gasteiger partial charge in [-0.1, -0.05) is 166 Å². The molecule has 2 heterocycles. The molecule has 0 amide bonds. The summed E-state index contributed by atoms with van der Waals surface area (Å²) in [4.78, 5) is 0. The smallest absolute Gasteiger partial charge is 0.141 e. The van der Waals surface area contributed by atoms with Crippen molar-refractivity contribution in [2.24, 2.45) is 0 Å². The lowest BCUT2D eigenvalue weighted by atomic mass is 9.64. The molecule has 11 aromatic rings. The van der Waals surface area contributed by atoms with Gasteiger partial charge in [0.1, 0.15) is 54.9 Å². The second kappa shape index (κ2) is 15.1. The minimum atomic E-state index is 1.15. The van der Waals surface area contributed by atoms with Crippen LogP contribution in [-0.4, -0.2) is 64.1 Å². The van der Waals surface area contributed by atoms with Gasteiger partial charge >= 0.3 is 0 Å². The maximum Gasteiger partial charge on any atom is 0.141 e. The zero-order valence-electron chi connectivity index (χ0n) is 37.1. The first-order chi connectivity index (χ1) is 30.7. The van der Waals surface area contributed by atoms with E-state index in [1.165, 1.54) is 132 Å².